The minimum absolute atomic E-state index is 0.0780. The summed E-state index contributed by atoms with van der Waals surface area (Å²) >= 11 is 5.14. The largest absolute Gasteiger partial charge is 0.351 e. The first-order valence-electron chi connectivity index (χ1n) is 7.24. The lowest BCUT2D eigenvalue weighted by atomic mass is 10.1. The Morgan fingerprint density at radius 1 is 1.09 bits per heavy atom. The quantitative estimate of drug-likeness (QED) is 0.517. The lowest BCUT2D eigenvalue weighted by Crippen LogP contribution is -2.26. The molecular weight excluding hydrogens is 372 g/mol. The average molecular weight is 387 g/mol. The highest BCUT2D eigenvalue weighted by Crippen LogP contribution is 2.20. The first-order chi connectivity index (χ1) is 11.2. The number of carbonyl (C=O) groups excluding carboxylic acids is 1. The average Bonchev–Trinajstić information content (AvgIpc) is 2.59. The van der Waals surface area contributed by atoms with Crippen molar-refractivity contribution in [2.24, 2.45) is 0 Å². The number of hydrogen-bond donors (Lipinski definition) is 1. The monoisotopic (exact) mass is 386 g/mol. The Morgan fingerprint density at radius 2 is 1.87 bits per heavy atom. The van der Waals surface area contributed by atoms with Crippen LogP contribution >= 0.6 is 27.7 Å². The summed E-state index contributed by atoms with van der Waals surface area (Å²) in [6.45, 7) is 0.614. The van der Waals surface area contributed by atoms with Crippen molar-refractivity contribution in [1.82, 2.24) is 10.3 Å². The predicted molar refractivity (Wildman–Crippen MR) is 98.9 cm³/mol. The fourth-order valence-corrected chi connectivity index (χ4v) is 3.28. The maximum atomic E-state index is 12.3. The Kier molecular flexibility index (Phi) is 5.31. The lowest BCUT2D eigenvalue weighted by Gasteiger charge is -2.07. The smallest absolute Gasteiger partial charge is 0.253 e. The van der Waals surface area contributed by atoms with Gasteiger partial charge in [0.15, 0.2) is 0 Å². The van der Waals surface area contributed by atoms with Crippen LogP contribution in [0.5, 0.6) is 0 Å². The number of nitrogens with one attached hydrogen (secondary N) is 1. The standard InChI is InChI=1S/C18H15BrN2OS/c19-14-6-8-15(9-7-14)23-12-11-21-18(22)16-5-1-3-13-4-2-10-20-17(13)16/h1-10H,11-12H2,(H,21,22). The Balaban J connectivity index is 1.57. The molecule has 0 unspecified atom stereocenters. The van der Waals surface area contributed by atoms with E-state index in [1.165, 1.54) is 4.90 Å². The second-order valence-corrected chi connectivity index (χ2v) is 7.02. The van der Waals surface area contributed by atoms with Gasteiger partial charge in [-0.2, -0.15) is 0 Å². The Morgan fingerprint density at radius 3 is 2.70 bits per heavy atom. The normalized spacial score (nSPS) is 10.7. The van der Waals surface area contributed by atoms with Crippen molar-refractivity contribution in [1.29, 1.82) is 0 Å². The van der Waals surface area contributed by atoms with Gasteiger partial charge in [0.25, 0.3) is 5.91 Å². The van der Waals surface area contributed by atoms with E-state index in [0.717, 1.165) is 21.1 Å². The van der Waals surface area contributed by atoms with Gasteiger partial charge in [-0.05, 0) is 36.4 Å². The van der Waals surface area contributed by atoms with Crippen LogP contribution in [0.25, 0.3) is 10.9 Å². The number of thioether (sulfide) groups is 1. The highest BCUT2D eigenvalue weighted by molar-refractivity contribution is 9.10. The number of hydrogen-bond acceptors (Lipinski definition) is 3. The van der Waals surface area contributed by atoms with Gasteiger partial charge in [-0.25, -0.2) is 0 Å². The summed E-state index contributed by atoms with van der Waals surface area (Å²) in [6, 6.07) is 17.6. The molecule has 23 heavy (non-hydrogen) atoms. The van der Waals surface area contributed by atoms with Crippen molar-refractivity contribution >= 4 is 44.5 Å². The molecule has 116 valence electrons. The highest BCUT2D eigenvalue weighted by atomic mass is 79.9. The zero-order chi connectivity index (χ0) is 16.1. The van der Waals surface area contributed by atoms with Gasteiger partial charge in [-0.1, -0.05) is 34.1 Å². The summed E-state index contributed by atoms with van der Waals surface area (Å²) in [7, 11) is 0. The van der Waals surface area contributed by atoms with Gasteiger partial charge in [0.05, 0.1) is 11.1 Å². The minimum atomic E-state index is -0.0780. The molecule has 3 nitrogen and oxygen atoms in total. The number of fused-ring (bicyclic) bond motifs is 1. The summed E-state index contributed by atoms with van der Waals surface area (Å²) in [6.07, 6.45) is 1.71. The van der Waals surface area contributed by atoms with Crippen LogP contribution in [0.1, 0.15) is 10.4 Å². The molecule has 1 N–H and O–H groups in total. The van der Waals surface area contributed by atoms with E-state index < -0.39 is 0 Å². The molecule has 0 aliphatic carbocycles. The van der Waals surface area contributed by atoms with E-state index in [2.05, 4.69) is 38.4 Å². The van der Waals surface area contributed by atoms with E-state index in [1.54, 1.807) is 18.0 Å². The molecule has 2 aromatic carbocycles. The van der Waals surface area contributed by atoms with Gasteiger partial charge in [0.2, 0.25) is 0 Å². The van der Waals surface area contributed by atoms with Gasteiger partial charge in [-0.15, -0.1) is 11.8 Å². The number of nitrogens with zero attached hydrogens (tertiary/aromatic N) is 1. The zero-order valence-corrected chi connectivity index (χ0v) is 14.7. The van der Waals surface area contributed by atoms with Gasteiger partial charge in [0, 0.05) is 33.2 Å². The van der Waals surface area contributed by atoms with Crippen LogP contribution in [0.2, 0.25) is 0 Å². The number of pyridine rings is 1. The second kappa shape index (κ2) is 7.62. The number of halogens is 1. The molecule has 0 fully saturated rings. The number of aromatic nitrogens is 1. The van der Waals surface area contributed by atoms with Gasteiger partial charge in [0.1, 0.15) is 0 Å². The van der Waals surface area contributed by atoms with Crippen molar-refractivity contribution in [3.63, 3.8) is 0 Å². The second-order valence-electron chi connectivity index (χ2n) is 4.94. The van der Waals surface area contributed by atoms with E-state index in [9.17, 15) is 4.79 Å². The number of benzene rings is 2. The number of para-hydroxylation sites is 1. The molecule has 0 atom stereocenters. The van der Waals surface area contributed by atoms with Gasteiger partial charge >= 0.3 is 0 Å². The summed E-state index contributed by atoms with van der Waals surface area (Å²) in [5.74, 6) is 0.747. The third-order valence-electron chi connectivity index (χ3n) is 3.35. The van der Waals surface area contributed by atoms with E-state index in [0.29, 0.717) is 12.1 Å². The number of rotatable bonds is 5. The van der Waals surface area contributed by atoms with E-state index in [1.807, 2.05) is 42.5 Å². The molecule has 0 saturated heterocycles. The fourth-order valence-electron chi connectivity index (χ4n) is 2.25. The molecule has 5 heteroatoms. The molecule has 1 amide bonds. The van der Waals surface area contributed by atoms with Crippen LogP contribution in [0.4, 0.5) is 0 Å². The first kappa shape index (κ1) is 16.0. The summed E-state index contributed by atoms with van der Waals surface area (Å²) in [5.41, 5.74) is 1.37. The van der Waals surface area contributed by atoms with Crippen LogP contribution in [-0.2, 0) is 0 Å². The minimum Gasteiger partial charge on any atom is -0.351 e. The van der Waals surface area contributed by atoms with Crippen molar-refractivity contribution < 1.29 is 4.79 Å². The Hall–Kier alpha value is -1.85. The van der Waals surface area contributed by atoms with Crippen molar-refractivity contribution in [2.75, 3.05) is 12.3 Å². The molecule has 0 aliphatic rings. The van der Waals surface area contributed by atoms with Gasteiger partial charge < -0.3 is 5.32 Å². The first-order valence-corrected chi connectivity index (χ1v) is 9.02. The maximum Gasteiger partial charge on any atom is 0.253 e. The predicted octanol–water partition coefficient (Wildman–Crippen LogP) is 4.52. The maximum absolute atomic E-state index is 12.3. The van der Waals surface area contributed by atoms with E-state index >= 15 is 0 Å². The Bertz CT molecular complexity index is 815. The zero-order valence-electron chi connectivity index (χ0n) is 12.3. The van der Waals surface area contributed by atoms with Crippen LogP contribution in [0, 0.1) is 0 Å². The van der Waals surface area contributed by atoms with Crippen LogP contribution in [0.15, 0.2) is 70.2 Å². The molecule has 1 heterocycles. The molecule has 0 radical (unpaired) electrons. The summed E-state index contributed by atoms with van der Waals surface area (Å²) in [4.78, 5) is 17.9. The highest BCUT2D eigenvalue weighted by Gasteiger charge is 2.09. The molecule has 3 aromatic rings. The molecule has 0 aliphatic heterocycles. The van der Waals surface area contributed by atoms with Crippen LogP contribution < -0.4 is 5.32 Å². The molecule has 1 aromatic heterocycles. The third kappa shape index (κ3) is 4.12. The van der Waals surface area contributed by atoms with Crippen molar-refractivity contribution in [3.8, 4) is 0 Å². The molecule has 0 spiro atoms. The lowest BCUT2D eigenvalue weighted by molar-refractivity contribution is 0.0957. The number of amides is 1. The number of carbonyl (C=O) groups is 1. The fraction of sp³-hybridized carbons (Fsp3) is 0.111. The SMILES string of the molecule is O=C(NCCSc1ccc(Br)cc1)c1cccc2cccnc12. The molecule has 0 saturated carbocycles. The molecule has 0 bridgehead atoms. The van der Waals surface area contributed by atoms with Crippen LogP contribution in [0.3, 0.4) is 0 Å². The Labute approximate surface area is 147 Å². The topological polar surface area (TPSA) is 42.0 Å². The van der Waals surface area contributed by atoms with Gasteiger partial charge in [-0.3, -0.25) is 9.78 Å². The van der Waals surface area contributed by atoms with Crippen molar-refractivity contribution in [3.05, 3.63) is 70.8 Å². The summed E-state index contributed by atoms with van der Waals surface area (Å²) < 4.78 is 1.07. The molecule has 3 rings (SSSR count). The van der Waals surface area contributed by atoms with Crippen molar-refractivity contribution in [2.45, 2.75) is 4.90 Å². The van der Waals surface area contributed by atoms with E-state index in [-0.39, 0.29) is 5.91 Å². The third-order valence-corrected chi connectivity index (χ3v) is 4.89. The van der Waals surface area contributed by atoms with E-state index in [4.69, 9.17) is 0 Å². The van der Waals surface area contributed by atoms with Crippen LogP contribution in [-0.4, -0.2) is 23.2 Å². The molecular formula is C18H15BrN2OS. The summed E-state index contributed by atoms with van der Waals surface area (Å²) in [5, 5.41) is 3.94.